The van der Waals surface area contributed by atoms with Crippen LogP contribution in [0.3, 0.4) is 0 Å². The molecule has 2 nitrogen and oxygen atoms in total. The Labute approximate surface area is 339 Å². The number of aromatic nitrogens is 1. The highest BCUT2D eigenvalue weighted by atomic mass is 15.2. The summed E-state index contributed by atoms with van der Waals surface area (Å²) in [5.41, 5.74) is 19.0. The number of anilines is 2. The van der Waals surface area contributed by atoms with E-state index >= 15 is 0 Å². The van der Waals surface area contributed by atoms with Gasteiger partial charge in [-0.25, -0.2) is 0 Å². The molecule has 3 atom stereocenters. The van der Waals surface area contributed by atoms with Crippen LogP contribution in [0.25, 0.3) is 55.3 Å². The van der Waals surface area contributed by atoms with Gasteiger partial charge in [0.15, 0.2) is 0 Å². The maximum atomic E-state index is 2.61. The highest BCUT2D eigenvalue weighted by Gasteiger charge is 2.48. The molecule has 0 saturated carbocycles. The minimum atomic E-state index is -0.258. The minimum absolute atomic E-state index is 0.121. The molecular weight excluding hydrogens is 701 g/mol. The number of rotatable bonds is 5. The number of nitrogens with zero attached hydrogens (tertiary/aromatic N) is 2. The summed E-state index contributed by atoms with van der Waals surface area (Å²) in [4.78, 5) is 2.60. The molecule has 1 aromatic heterocycles. The first-order valence-corrected chi connectivity index (χ1v) is 20.4. The smallest absolute Gasteiger partial charge is 0.0633 e. The van der Waals surface area contributed by atoms with Gasteiger partial charge in [-0.2, -0.15) is 0 Å². The van der Waals surface area contributed by atoms with Crippen LogP contribution in [-0.2, 0) is 5.41 Å². The lowest BCUT2D eigenvalue weighted by molar-refractivity contribution is 0.678. The van der Waals surface area contributed by atoms with Gasteiger partial charge in [-0.15, -0.1) is 0 Å². The molecule has 1 aliphatic heterocycles. The van der Waals surface area contributed by atoms with Crippen LogP contribution >= 0.6 is 0 Å². The molecule has 0 fully saturated rings. The zero-order valence-electron chi connectivity index (χ0n) is 32.3. The van der Waals surface area contributed by atoms with Crippen molar-refractivity contribution in [2.45, 2.75) is 24.3 Å². The quantitative estimate of drug-likeness (QED) is 0.171. The number of allylic oxidation sites excluding steroid dienone is 2. The second-order valence-corrected chi connectivity index (χ2v) is 16.2. The van der Waals surface area contributed by atoms with Crippen LogP contribution in [-0.4, -0.2) is 10.6 Å². The largest absolute Gasteiger partial charge is 0.333 e. The second kappa shape index (κ2) is 12.7. The molecular formula is C56H40N2. The van der Waals surface area contributed by atoms with Crippen molar-refractivity contribution in [1.29, 1.82) is 0 Å². The van der Waals surface area contributed by atoms with Gasteiger partial charge in [-0.1, -0.05) is 158 Å². The molecule has 12 rings (SSSR count). The van der Waals surface area contributed by atoms with Gasteiger partial charge >= 0.3 is 0 Å². The number of benzene rings is 8. The minimum Gasteiger partial charge on any atom is -0.333 e. The van der Waals surface area contributed by atoms with Gasteiger partial charge in [0.25, 0.3) is 0 Å². The molecule has 2 heterocycles. The van der Waals surface area contributed by atoms with Crippen molar-refractivity contribution in [3.8, 4) is 27.9 Å². The van der Waals surface area contributed by atoms with Gasteiger partial charge in [0, 0.05) is 39.2 Å². The summed E-state index contributed by atoms with van der Waals surface area (Å²) in [6.45, 7) is 2.43. The Morgan fingerprint density at radius 1 is 0.466 bits per heavy atom. The molecule has 0 bridgehead atoms. The third-order valence-corrected chi connectivity index (χ3v) is 13.2. The van der Waals surface area contributed by atoms with E-state index < -0.39 is 0 Å². The molecule has 8 aromatic carbocycles. The van der Waals surface area contributed by atoms with Crippen molar-refractivity contribution in [3.05, 3.63) is 240 Å². The van der Waals surface area contributed by atoms with Gasteiger partial charge in [0.05, 0.1) is 17.1 Å². The Kier molecular flexibility index (Phi) is 7.22. The third-order valence-electron chi connectivity index (χ3n) is 13.2. The predicted molar refractivity (Wildman–Crippen MR) is 242 cm³/mol. The van der Waals surface area contributed by atoms with Crippen LogP contribution in [0.5, 0.6) is 0 Å². The van der Waals surface area contributed by atoms with E-state index in [1.807, 2.05) is 0 Å². The molecule has 3 aliphatic rings. The van der Waals surface area contributed by atoms with Crippen LogP contribution in [0.4, 0.5) is 11.4 Å². The van der Waals surface area contributed by atoms with Crippen molar-refractivity contribution in [2.24, 2.45) is 0 Å². The van der Waals surface area contributed by atoms with Crippen molar-refractivity contribution < 1.29 is 0 Å². The first-order chi connectivity index (χ1) is 28.6. The summed E-state index contributed by atoms with van der Waals surface area (Å²) in [6.07, 6.45) is 5.22. The summed E-state index contributed by atoms with van der Waals surface area (Å²) in [5, 5.41) is 2.54. The van der Waals surface area contributed by atoms with E-state index in [9.17, 15) is 0 Å². The first kappa shape index (κ1) is 33.0. The zero-order valence-corrected chi connectivity index (χ0v) is 32.3. The van der Waals surface area contributed by atoms with Gasteiger partial charge in [-0.3, -0.25) is 0 Å². The lowest BCUT2D eigenvalue weighted by atomic mass is 9.71. The molecule has 0 radical (unpaired) electrons. The summed E-state index contributed by atoms with van der Waals surface area (Å²) >= 11 is 0. The third kappa shape index (κ3) is 4.79. The van der Waals surface area contributed by atoms with Gasteiger partial charge in [0.1, 0.15) is 0 Å². The molecule has 2 aliphatic carbocycles. The Morgan fingerprint density at radius 2 is 1.09 bits per heavy atom. The van der Waals surface area contributed by atoms with E-state index in [4.69, 9.17) is 0 Å². The van der Waals surface area contributed by atoms with Crippen molar-refractivity contribution in [1.82, 2.24) is 4.57 Å². The van der Waals surface area contributed by atoms with Crippen LogP contribution in [0.2, 0.25) is 0 Å². The normalized spacial score (nSPS) is 19.0. The SMILES string of the molecule is CC1(c2ccccc2)C2=CC3C(C=C2c2ccccc21)c1cc(-c2ccc4c(c2)c2ccccc2n4-c2ccccc2)ccc1N3c1ccc(-c2ccccc2)cc1. The molecule has 0 saturated heterocycles. The van der Waals surface area contributed by atoms with Crippen LogP contribution < -0.4 is 4.90 Å². The fourth-order valence-electron chi connectivity index (χ4n) is 10.4. The number of hydrogen-bond donors (Lipinski definition) is 0. The van der Waals surface area contributed by atoms with Gasteiger partial charge in [-0.05, 0) is 117 Å². The lowest BCUT2D eigenvalue weighted by Gasteiger charge is -2.35. The summed E-state index contributed by atoms with van der Waals surface area (Å²) in [6, 6.07) is 73.9. The highest BCUT2D eigenvalue weighted by Crippen LogP contribution is 2.59. The molecule has 58 heavy (non-hydrogen) atoms. The fourth-order valence-corrected chi connectivity index (χ4v) is 10.4. The molecule has 2 heteroatoms. The van der Waals surface area contributed by atoms with E-state index in [1.165, 1.54) is 94.5 Å². The monoisotopic (exact) mass is 740 g/mol. The van der Waals surface area contributed by atoms with Crippen molar-refractivity contribution in [2.75, 3.05) is 4.90 Å². The number of fused-ring (bicyclic) bond motifs is 9. The van der Waals surface area contributed by atoms with E-state index in [0.29, 0.717) is 0 Å². The summed E-state index contributed by atoms with van der Waals surface area (Å²) in [5.74, 6) is 0.178. The van der Waals surface area contributed by atoms with Crippen molar-refractivity contribution >= 4 is 38.8 Å². The average Bonchev–Trinajstić information content (AvgIpc) is 3.89. The van der Waals surface area contributed by atoms with E-state index in [1.54, 1.807) is 0 Å². The summed E-state index contributed by atoms with van der Waals surface area (Å²) < 4.78 is 2.39. The first-order valence-electron chi connectivity index (χ1n) is 20.4. The molecule has 0 amide bonds. The Hall–Kier alpha value is -7.16. The van der Waals surface area contributed by atoms with E-state index in [2.05, 4.69) is 229 Å². The van der Waals surface area contributed by atoms with Gasteiger partial charge < -0.3 is 9.47 Å². The molecule has 274 valence electrons. The number of para-hydroxylation sites is 2. The Bertz CT molecular complexity index is 3120. The van der Waals surface area contributed by atoms with Gasteiger partial charge in [0.2, 0.25) is 0 Å². The fraction of sp³-hybridized carbons (Fsp3) is 0.0714. The van der Waals surface area contributed by atoms with E-state index in [-0.39, 0.29) is 17.4 Å². The molecule has 9 aromatic rings. The van der Waals surface area contributed by atoms with Crippen LogP contribution in [0.15, 0.2) is 218 Å². The molecule has 3 unspecified atom stereocenters. The lowest BCUT2D eigenvalue weighted by Crippen LogP contribution is -2.32. The molecule has 0 N–H and O–H groups in total. The predicted octanol–water partition coefficient (Wildman–Crippen LogP) is 14.1. The zero-order chi connectivity index (χ0) is 38.4. The number of hydrogen-bond acceptors (Lipinski definition) is 1. The highest BCUT2D eigenvalue weighted by molar-refractivity contribution is 6.10. The van der Waals surface area contributed by atoms with Crippen molar-refractivity contribution in [3.63, 3.8) is 0 Å². The topological polar surface area (TPSA) is 8.17 Å². The summed E-state index contributed by atoms with van der Waals surface area (Å²) in [7, 11) is 0. The standard InChI is InChI=1S/C56H40N2/c1-56(41-17-7-3-8-18-41)50-23-13-11-21-44(50)46-35-49-48-34-40(39-27-31-53-47(33-39)45-22-12-14-24-52(45)57(53)42-19-9-4-10-20-42)28-32-54(48)58(55(49)36-51(46)56)43-29-25-38(26-30-43)37-15-5-2-6-16-37/h2-36,49,55H,1H3. The average molecular weight is 741 g/mol. The van der Waals surface area contributed by atoms with Crippen LogP contribution in [0, 0.1) is 0 Å². The van der Waals surface area contributed by atoms with E-state index in [0.717, 1.165) is 0 Å². The Morgan fingerprint density at radius 3 is 1.90 bits per heavy atom. The maximum absolute atomic E-state index is 2.61. The molecule has 0 spiro atoms. The Balaban J connectivity index is 1.03. The second-order valence-electron chi connectivity index (χ2n) is 16.2. The van der Waals surface area contributed by atoms with Crippen LogP contribution in [0.1, 0.15) is 35.1 Å². The maximum Gasteiger partial charge on any atom is 0.0633 e.